The second-order valence-corrected chi connectivity index (χ2v) is 8.92. The second kappa shape index (κ2) is 10.6. The lowest BCUT2D eigenvalue weighted by molar-refractivity contribution is 0.337. The number of anilines is 2. The third-order valence-corrected chi connectivity index (χ3v) is 6.76. The van der Waals surface area contributed by atoms with Crippen molar-refractivity contribution < 1.29 is 0 Å². The summed E-state index contributed by atoms with van der Waals surface area (Å²) in [4.78, 5) is 9.39. The summed E-state index contributed by atoms with van der Waals surface area (Å²) >= 11 is 0. The van der Waals surface area contributed by atoms with Crippen molar-refractivity contribution in [2.75, 3.05) is 30.8 Å². The minimum absolute atomic E-state index is 0.594. The summed E-state index contributed by atoms with van der Waals surface area (Å²) in [6, 6.07) is 6.53. The predicted octanol–water partition coefficient (Wildman–Crippen LogP) is 6.39. The number of nitrogens with one attached hydrogen (secondary N) is 2. The number of amidine groups is 1. The molecule has 1 aromatic rings. The second-order valence-electron chi connectivity index (χ2n) is 8.92. The van der Waals surface area contributed by atoms with Gasteiger partial charge in [0.15, 0.2) is 5.84 Å². The van der Waals surface area contributed by atoms with E-state index >= 15 is 0 Å². The minimum atomic E-state index is 0.594. The number of hydrogen-bond donors (Lipinski definition) is 2. The van der Waals surface area contributed by atoms with E-state index in [4.69, 9.17) is 4.99 Å². The van der Waals surface area contributed by atoms with Crippen molar-refractivity contribution in [3.63, 3.8) is 0 Å². The molecule has 170 valence electrons. The van der Waals surface area contributed by atoms with E-state index in [9.17, 15) is 0 Å². The summed E-state index contributed by atoms with van der Waals surface area (Å²) in [5.74, 6) is 1.61. The van der Waals surface area contributed by atoms with Crippen LogP contribution in [0.25, 0.3) is 5.70 Å². The van der Waals surface area contributed by atoms with Gasteiger partial charge >= 0.3 is 0 Å². The Balaban J connectivity index is 1.70. The largest absolute Gasteiger partial charge is 0.386 e. The molecule has 2 fully saturated rings. The van der Waals surface area contributed by atoms with Gasteiger partial charge in [-0.3, -0.25) is 0 Å². The summed E-state index contributed by atoms with van der Waals surface area (Å²) in [5, 5.41) is 6.55. The third kappa shape index (κ3) is 4.93. The van der Waals surface area contributed by atoms with E-state index in [0.717, 1.165) is 36.0 Å². The Hall–Kier alpha value is -2.95. The van der Waals surface area contributed by atoms with E-state index in [-0.39, 0.29) is 0 Å². The fourth-order valence-electron chi connectivity index (χ4n) is 5.03. The smallest absolute Gasteiger partial charge is 0.152 e. The van der Waals surface area contributed by atoms with Crippen LogP contribution in [0, 0.1) is 5.92 Å². The Morgan fingerprint density at radius 3 is 2.53 bits per heavy atom. The number of nitrogens with zero attached hydrogens (tertiary/aromatic N) is 3. The Kier molecular flexibility index (Phi) is 7.35. The molecule has 0 atom stereocenters. The van der Waals surface area contributed by atoms with Crippen molar-refractivity contribution >= 4 is 22.9 Å². The maximum atomic E-state index is 4.74. The van der Waals surface area contributed by atoms with Crippen LogP contribution >= 0.6 is 0 Å². The molecule has 2 N–H and O–H groups in total. The fourth-order valence-corrected chi connectivity index (χ4v) is 5.03. The van der Waals surface area contributed by atoms with Crippen LogP contribution in [0.1, 0.15) is 56.9 Å². The molecular weight excluding hydrogens is 394 g/mol. The maximum Gasteiger partial charge on any atom is 0.152 e. The summed E-state index contributed by atoms with van der Waals surface area (Å²) in [6.07, 6.45) is 18.4. The zero-order chi connectivity index (χ0) is 22.3. The molecule has 2 aliphatic heterocycles. The van der Waals surface area contributed by atoms with Crippen LogP contribution in [-0.2, 0) is 0 Å². The van der Waals surface area contributed by atoms with Crippen LogP contribution < -0.4 is 10.6 Å². The molecule has 0 aromatic heterocycles. The normalized spacial score (nSPS) is 20.2. The van der Waals surface area contributed by atoms with Gasteiger partial charge < -0.3 is 20.4 Å². The van der Waals surface area contributed by atoms with Crippen LogP contribution in [0.2, 0.25) is 0 Å². The van der Waals surface area contributed by atoms with Gasteiger partial charge in [-0.05, 0) is 56.4 Å². The molecule has 2 heterocycles. The highest BCUT2D eigenvalue weighted by molar-refractivity contribution is 6.00. The highest BCUT2D eigenvalue weighted by Crippen LogP contribution is 2.35. The maximum absolute atomic E-state index is 4.74. The number of likely N-dealkylation sites (tertiary alicyclic amines) is 1. The van der Waals surface area contributed by atoms with Crippen LogP contribution in [-0.4, -0.2) is 35.8 Å². The number of allylic oxidation sites excluding steroid dienone is 1. The highest BCUT2D eigenvalue weighted by Gasteiger charge is 2.26. The van der Waals surface area contributed by atoms with Gasteiger partial charge in [-0.1, -0.05) is 44.6 Å². The number of hydrogen-bond acceptors (Lipinski definition) is 5. The van der Waals surface area contributed by atoms with Crippen molar-refractivity contribution in [3.8, 4) is 0 Å². The predicted molar refractivity (Wildman–Crippen MR) is 137 cm³/mol. The topological polar surface area (TPSA) is 42.9 Å². The average Bonchev–Trinajstić information content (AvgIpc) is 2.84. The number of rotatable bonds is 6. The lowest BCUT2D eigenvalue weighted by Gasteiger charge is -2.36. The molecule has 5 nitrogen and oxygen atoms in total. The van der Waals surface area contributed by atoms with E-state index < -0.39 is 0 Å². The van der Waals surface area contributed by atoms with Crippen LogP contribution in [0.3, 0.4) is 0 Å². The Morgan fingerprint density at radius 2 is 1.81 bits per heavy atom. The molecule has 0 amide bonds. The SMILES string of the molecule is C=CNc1cc(/C(=C\C2CCCCC2)N2C=CN=C(N3CCCCC3)C2=C)ccc1NC. The first kappa shape index (κ1) is 22.3. The molecule has 1 saturated heterocycles. The Bertz CT molecular complexity index is 914. The molecule has 5 heteroatoms. The molecule has 1 saturated carbocycles. The Labute approximate surface area is 193 Å². The zero-order valence-corrected chi connectivity index (χ0v) is 19.4. The standard InChI is InChI=1S/C27H37N5/c1-4-29-25-20-23(13-14-24(25)28-3)26(19-22-11-7-5-8-12-22)32-18-15-30-27(21(32)2)31-16-9-6-10-17-31/h4,13-15,18-20,22,28-29H,1-2,5-12,16-17H2,3H3/b26-19+. The van der Waals surface area contributed by atoms with Crippen LogP contribution in [0.15, 0.2) is 66.7 Å². The van der Waals surface area contributed by atoms with E-state index in [0.29, 0.717) is 5.92 Å². The fraction of sp³-hybridized carbons (Fsp3) is 0.444. The minimum Gasteiger partial charge on any atom is -0.386 e. The first-order valence-electron chi connectivity index (χ1n) is 12.1. The van der Waals surface area contributed by atoms with Gasteiger partial charge in [0.25, 0.3) is 0 Å². The van der Waals surface area contributed by atoms with E-state index in [1.165, 1.54) is 62.6 Å². The lowest BCUT2D eigenvalue weighted by atomic mass is 9.87. The molecule has 3 aliphatic rings. The van der Waals surface area contributed by atoms with Gasteiger partial charge in [-0.2, -0.15) is 0 Å². The molecule has 4 rings (SSSR count). The summed E-state index contributed by atoms with van der Waals surface area (Å²) in [6.45, 7) is 10.5. The monoisotopic (exact) mass is 431 g/mol. The van der Waals surface area contributed by atoms with Crippen molar-refractivity contribution in [2.24, 2.45) is 10.9 Å². The molecule has 0 bridgehead atoms. The van der Waals surface area contributed by atoms with Crippen LogP contribution in [0.4, 0.5) is 11.4 Å². The molecule has 0 spiro atoms. The van der Waals surface area contributed by atoms with E-state index in [2.05, 4.69) is 64.1 Å². The third-order valence-electron chi connectivity index (χ3n) is 6.76. The van der Waals surface area contributed by atoms with Gasteiger partial charge in [0.2, 0.25) is 0 Å². The quantitative estimate of drug-likeness (QED) is 0.548. The number of aliphatic imine (C=N–C) groups is 1. The number of piperidine rings is 1. The highest BCUT2D eigenvalue weighted by atomic mass is 15.3. The molecular formula is C27H37N5. The molecule has 1 aliphatic carbocycles. The average molecular weight is 432 g/mol. The first-order chi connectivity index (χ1) is 15.7. The molecule has 0 unspecified atom stereocenters. The van der Waals surface area contributed by atoms with Crippen LogP contribution in [0.5, 0.6) is 0 Å². The van der Waals surface area contributed by atoms with Gasteiger partial charge in [0.1, 0.15) is 0 Å². The van der Waals surface area contributed by atoms with Crippen molar-refractivity contribution in [1.29, 1.82) is 0 Å². The van der Waals surface area contributed by atoms with Gasteiger partial charge in [0.05, 0.1) is 17.1 Å². The number of benzene rings is 1. The van der Waals surface area contributed by atoms with Crippen molar-refractivity contribution in [2.45, 2.75) is 51.4 Å². The zero-order valence-electron chi connectivity index (χ0n) is 19.4. The summed E-state index contributed by atoms with van der Waals surface area (Å²) < 4.78 is 0. The molecule has 32 heavy (non-hydrogen) atoms. The molecule has 0 radical (unpaired) electrons. The molecule has 1 aromatic carbocycles. The first-order valence-corrected chi connectivity index (χ1v) is 12.1. The van der Waals surface area contributed by atoms with E-state index in [1.807, 2.05) is 13.2 Å². The van der Waals surface area contributed by atoms with E-state index in [1.54, 1.807) is 6.20 Å². The Morgan fingerprint density at radius 1 is 1.06 bits per heavy atom. The van der Waals surface area contributed by atoms with Gasteiger partial charge in [-0.15, -0.1) is 0 Å². The van der Waals surface area contributed by atoms with Crippen molar-refractivity contribution in [1.82, 2.24) is 9.80 Å². The summed E-state index contributed by atoms with van der Waals surface area (Å²) in [7, 11) is 1.94. The van der Waals surface area contributed by atoms with Crippen molar-refractivity contribution in [3.05, 3.63) is 67.3 Å². The lowest BCUT2D eigenvalue weighted by Crippen LogP contribution is -2.40. The van der Waals surface area contributed by atoms with Gasteiger partial charge in [-0.25, -0.2) is 4.99 Å². The van der Waals surface area contributed by atoms with Gasteiger partial charge in [0, 0.05) is 43.8 Å². The summed E-state index contributed by atoms with van der Waals surface area (Å²) in [5.41, 5.74) is 5.40.